The van der Waals surface area contributed by atoms with Gasteiger partial charge in [0.1, 0.15) is 16.8 Å². The maximum absolute atomic E-state index is 15.6. The molecule has 0 aliphatic carbocycles. The van der Waals surface area contributed by atoms with Gasteiger partial charge in [-0.15, -0.1) is 0 Å². The Morgan fingerprint density at radius 1 is 0.930 bits per heavy atom. The van der Waals surface area contributed by atoms with E-state index in [9.17, 15) is 22.6 Å². The lowest BCUT2D eigenvalue weighted by molar-refractivity contribution is -0.120. The highest BCUT2D eigenvalue weighted by Crippen LogP contribution is 2.34. The van der Waals surface area contributed by atoms with Crippen molar-refractivity contribution in [3.8, 4) is 16.9 Å². The first-order valence-corrected chi connectivity index (χ1v) is 20.1. The number of ether oxygens (including phenoxy) is 1. The van der Waals surface area contributed by atoms with Gasteiger partial charge in [-0.25, -0.2) is 27.7 Å². The number of halogens is 3. The number of hydrogen-bond donors (Lipinski definition) is 2. The van der Waals surface area contributed by atoms with E-state index in [1.54, 1.807) is 10.7 Å². The molecule has 0 bridgehead atoms. The molecule has 3 aromatic carbocycles. The average Bonchev–Trinajstić information content (AvgIpc) is 3.54. The standard InChI is InChI=1S/C40H42F3N9O4S/c1-49-35-21-28(7-8-33(35)37(48-49)52-18-13-36(53)47-40(52)54)25-9-14-50(15-10-25)24-29-6-5-27(20-34(29)41)26-3-2-4-32(19-26)57(55)51-16-11-30(12-17-51)46-39-44-22-31(23-45-39)56-38(42)43/h2-8,19-23,25,30,38H,9-18,24H2,1H3,(H,44,45,46)(H,47,53,54). The van der Waals surface area contributed by atoms with Crippen LogP contribution < -0.4 is 20.3 Å². The van der Waals surface area contributed by atoms with Gasteiger partial charge in [0.2, 0.25) is 11.9 Å². The number of piperidine rings is 2. The highest BCUT2D eigenvalue weighted by atomic mass is 32.2. The van der Waals surface area contributed by atoms with Gasteiger partial charge < -0.3 is 10.1 Å². The summed E-state index contributed by atoms with van der Waals surface area (Å²) in [5.41, 5.74) is 4.25. The summed E-state index contributed by atoms with van der Waals surface area (Å²) in [4.78, 5) is 36.6. The van der Waals surface area contributed by atoms with Gasteiger partial charge in [-0.2, -0.15) is 13.9 Å². The first-order chi connectivity index (χ1) is 27.6. The van der Waals surface area contributed by atoms with E-state index < -0.39 is 23.6 Å². The largest absolute Gasteiger partial charge is 0.432 e. The van der Waals surface area contributed by atoms with E-state index in [4.69, 9.17) is 0 Å². The van der Waals surface area contributed by atoms with Crippen molar-refractivity contribution in [3.05, 3.63) is 90.0 Å². The predicted molar refractivity (Wildman–Crippen MR) is 209 cm³/mol. The van der Waals surface area contributed by atoms with Crippen LogP contribution >= 0.6 is 0 Å². The molecule has 0 radical (unpaired) electrons. The first-order valence-electron chi connectivity index (χ1n) is 19.0. The number of hydrogen-bond acceptors (Lipinski definition) is 9. The normalized spacial score (nSPS) is 18.3. The Hall–Kier alpha value is -5.39. The summed E-state index contributed by atoms with van der Waals surface area (Å²) in [6, 6.07) is 18.5. The number of imide groups is 1. The Morgan fingerprint density at radius 3 is 2.40 bits per heavy atom. The van der Waals surface area contributed by atoms with Gasteiger partial charge >= 0.3 is 12.6 Å². The second-order valence-corrected chi connectivity index (χ2v) is 16.1. The number of benzene rings is 3. The first kappa shape index (κ1) is 38.5. The topological polar surface area (TPSA) is 138 Å². The predicted octanol–water partition coefficient (Wildman–Crippen LogP) is 6.20. The summed E-state index contributed by atoms with van der Waals surface area (Å²) in [6.45, 7) is 0.623. The number of nitrogens with zero attached hydrogens (tertiary/aromatic N) is 7. The molecule has 1 atom stereocenters. The van der Waals surface area contributed by atoms with E-state index in [0.29, 0.717) is 72.7 Å². The van der Waals surface area contributed by atoms with Crippen LogP contribution in [0.25, 0.3) is 22.0 Å². The molecule has 0 spiro atoms. The molecule has 3 fully saturated rings. The van der Waals surface area contributed by atoms with Crippen LogP contribution in [0.1, 0.15) is 49.1 Å². The Bertz CT molecular complexity index is 2290. The lowest BCUT2D eigenvalue weighted by Crippen LogP contribution is -2.49. The summed E-state index contributed by atoms with van der Waals surface area (Å²) in [5, 5.41) is 11.0. The minimum absolute atomic E-state index is 0.0315. The molecule has 8 rings (SSSR count). The summed E-state index contributed by atoms with van der Waals surface area (Å²) >= 11 is 0. The number of aromatic nitrogens is 4. The molecule has 3 aliphatic rings. The minimum Gasteiger partial charge on any atom is -0.432 e. The molecule has 17 heteroatoms. The van der Waals surface area contributed by atoms with Crippen molar-refractivity contribution in [1.82, 2.24) is 34.3 Å². The molecule has 0 saturated carbocycles. The number of rotatable bonds is 11. The lowest BCUT2D eigenvalue weighted by Gasteiger charge is -2.32. The number of carbonyl (C=O) groups excluding carboxylic acids is 2. The number of nitrogens with one attached hydrogen (secondary N) is 2. The monoisotopic (exact) mass is 801 g/mol. The maximum atomic E-state index is 15.6. The number of urea groups is 1. The van der Waals surface area contributed by atoms with Crippen LogP contribution in [0, 0.1) is 5.82 Å². The lowest BCUT2D eigenvalue weighted by atomic mass is 9.88. The molecule has 3 saturated heterocycles. The van der Waals surface area contributed by atoms with Crippen molar-refractivity contribution >= 4 is 45.6 Å². The number of fused-ring (bicyclic) bond motifs is 1. The summed E-state index contributed by atoms with van der Waals surface area (Å²) in [5.74, 6) is 0.520. The van der Waals surface area contributed by atoms with Crippen molar-refractivity contribution in [2.45, 2.75) is 62.1 Å². The van der Waals surface area contributed by atoms with E-state index >= 15 is 4.39 Å². The Kier molecular flexibility index (Phi) is 11.2. The fourth-order valence-corrected chi connectivity index (χ4v) is 9.09. The van der Waals surface area contributed by atoms with Crippen molar-refractivity contribution in [2.75, 3.05) is 42.9 Å². The zero-order valence-corrected chi connectivity index (χ0v) is 32.1. The van der Waals surface area contributed by atoms with Gasteiger partial charge in [-0.3, -0.25) is 24.6 Å². The van der Waals surface area contributed by atoms with Gasteiger partial charge in [-0.1, -0.05) is 30.3 Å². The van der Waals surface area contributed by atoms with Crippen molar-refractivity contribution < 1.29 is 31.7 Å². The number of likely N-dealkylation sites (tertiary alicyclic amines) is 1. The average molecular weight is 802 g/mol. The molecule has 2 aromatic heterocycles. The Labute approximate surface area is 329 Å². The van der Waals surface area contributed by atoms with Crippen molar-refractivity contribution in [3.63, 3.8) is 0 Å². The third-order valence-corrected chi connectivity index (χ3v) is 12.4. The van der Waals surface area contributed by atoms with E-state index in [2.05, 4.69) is 47.5 Å². The van der Waals surface area contributed by atoms with Gasteiger partial charge in [0.15, 0.2) is 11.6 Å². The number of anilines is 2. The fourth-order valence-electron chi connectivity index (χ4n) is 7.83. The number of carbonyl (C=O) groups is 2. The SMILES string of the molecule is Cn1nc(N2CCC(=O)NC2=O)c2ccc(C3CCN(Cc4ccc(-c5cccc(S(=O)N6CCC(Nc7ncc(OC(F)F)cn7)CC6)c5)cc4F)CC3)cc21. The molecule has 57 heavy (non-hydrogen) atoms. The zero-order valence-electron chi connectivity index (χ0n) is 31.2. The van der Waals surface area contributed by atoms with Crippen LogP contribution in [0.4, 0.5) is 29.7 Å². The van der Waals surface area contributed by atoms with Crippen molar-refractivity contribution in [2.24, 2.45) is 7.05 Å². The van der Waals surface area contributed by atoms with Gasteiger partial charge in [-0.05, 0) is 91.7 Å². The fraction of sp³-hybridized carbons (Fsp3) is 0.375. The van der Waals surface area contributed by atoms with Crippen LogP contribution in [0.5, 0.6) is 5.75 Å². The van der Waals surface area contributed by atoms with Crippen LogP contribution in [-0.4, -0.2) is 90.5 Å². The van der Waals surface area contributed by atoms with E-state index in [1.165, 1.54) is 22.9 Å². The molecule has 3 aliphatic heterocycles. The molecule has 13 nitrogen and oxygen atoms in total. The Balaban J connectivity index is 0.841. The van der Waals surface area contributed by atoms with Crippen LogP contribution in [0.2, 0.25) is 0 Å². The van der Waals surface area contributed by atoms with Gasteiger partial charge in [0, 0.05) is 56.6 Å². The van der Waals surface area contributed by atoms with E-state index in [1.807, 2.05) is 53.8 Å². The zero-order chi connectivity index (χ0) is 39.6. The molecular formula is C40H42F3N9O4S. The quantitative estimate of drug-likeness (QED) is 0.160. The van der Waals surface area contributed by atoms with E-state index in [-0.39, 0.29) is 29.9 Å². The molecule has 298 valence electrons. The minimum atomic E-state index is -2.94. The number of amides is 3. The molecular weight excluding hydrogens is 760 g/mol. The highest BCUT2D eigenvalue weighted by Gasteiger charge is 2.29. The molecule has 2 N–H and O–H groups in total. The van der Waals surface area contributed by atoms with Crippen LogP contribution in [-0.2, 0) is 29.4 Å². The van der Waals surface area contributed by atoms with Crippen LogP contribution in [0.3, 0.4) is 0 Å². The van der Waals surface area contributed by atoms with Gasteiger partial charge in [0.05, 0.1) is 22.8 Å². The summed E-state index contributed by atoms with van der Waals surface area (Å²) in [7, 11) is 0.445. The molecule has 5 heterocycles. The second kappa shape index (κ2) is 16.6. The third kappa shape index (κ3) is 8.65. The maximum Gasteiger partial charge on any atom is 0.387 e. The van der Waals surface area contributed by atoms with Crippen molar-refractivity contribution in [1.29, 1.82) is 0 Å². The smallest absolute Gasteiger partial charge is 0.387 e. The third-order valence-electron chi connectivity index (χ3n) is 10.9. The van der Waals surface area contributed by atoms with Crippen LogP contribution in [0.15, 0.2) is 78.0 Å². The second-order valence-electron chi connectivity index (χ2n) is 14.6. The summed E-state index contributed by atoms with van der Waals surface area (Å²) in [6.07, 6.45) is 5.84. The highest BCUT2D eigenvalue weighted by molar-refractivity contribution is 7.82. The van der Waals surface area contributed by atoms with E-state index in [0.717, 1.165) is 42.4 Å². The summed E-state index contributed by atoms with van der Waals surface area (Å²) < 4.78 is 62.0. The molecule has 1 unspecified atom stereocenters. The molecule has 3 amide bonds. The number of alkyl halides is 2. The molecule has 5 aromatic rings. The Morgan fingerprint density at radius 2 is 1.68 bits per heavy atom. The number of aryl methyl sites for hydroxylation is 1. The van der Waals surface area contributed by atoms with Gasteiger partial charge in [0.25, 0.3) is 0 Å².